The SMILES string of the molecule is OCC(O)Cn1cc(C2=CCNCC2)c2ccccc21. The molecule has 1 aliphatic rings. The van der Waals surface area contributed by atoms with Crippen LogP contribution in [0.3, 0.4) is 0 Å². The van der Waals surface area contributed by atoms with Crippen molar-refractivity contribution in [2.75, 3.05) is 19.7 Å². The van der Waals surface area contributed by atoms with E-state index in [0.717, 1.165) is 25.0 Å². The third kappa shape index (κ3) is 2.50. The molecule has 1 aliphatic heterocycles. The molecule has 1 aromatic heterocycles. The van der Waals surface area contributed by atoms with Crippen LogP contribution in [0.4, 0.5) is 0 Å². The third-order valence-corrected chi connectivity index (χ3v) is 3.82. The standard InChI is InChI=1S/C16H20N2O2/c19-11-13(20)9-18-10-15(12-5-7-17-8-6-12)14-3-1-2-4-16(14)18/h1-5,10,13,17,19-20H,6-9,11H2. The minimum atomic E-state index is -0.722. The van der Waals surface area contributed by atoms with Gasteiger partial charge in [-0.25, -0.2) is 0 Å². The van der Waals surface area contributed by atoms with Crippen molar-refractivity contribution in [3.63, 3.8) is 0 Å². The quantitative estimate of drug-likeness (QED) is 0.788. The zero-order chi connectivity index (χ0) is 13.9. The van der Waals surface area contributed by atoms with Crippen LogP contribution < -0.4 is 5.32 Å². The molecule has 3 rings (SSSR count). The molecule has 106 valence electrons. The Labute approximate surface area is 118 Å². The van der Waals surface area contributed by atoms with Gasteiger partial charge in [0.15, 0.2) is 0 Å². The van der Waals surface area contributed by atoms with Gasteiger partial charge in [0, 0.05) is 29.2 Å². The largest absolute Gasteiger partial charge is 0.394 e. The number of hydrogen-bond donors (Lipinski definition) is 3. The number of rotatable bonds is 4. The lowest BCUT2D eigenvalue weighted by Crippen LogP contribution is -2.20. The summed E-state index contributed by atoms with van der Waals surface area (Å²) < 4.78 is 2.04. The van der Waals surface area contributed by atoms with Gasteiger partial charge in [-0.05, 0) is 24.6 Å². The van der Waals surface area contributed by atoms with Crippen molar-refractivity contribution in [3.8, 4) is 0 Å². The molecule has 1 unspecified atom stereocenters. The topological polar surface area (TPSA) is 57.4 Å². The Morgan fingerprint density at radius 3 is 2.90 bits per heavy atom. The molecule has 0 radical (unpaired) electrons. The Hall–Kier alpha value is -1.62. The fourth-order valence-electron chi connectivity index (χ4n) is 2.81. The summed E-state index contributed by atoms with van der Waals surface area (Å²) in [7, 11) is 0. The van der Waals surface area contributed by atoms with Crippen LogP contribution in [0.1, 0.15) is 12.0 Å². The number of benzene rings is 1. The number of aliphatic hydroxyl groups is 2. The molecule has 0 saturated heterocycles. The molecule has 1 atom stereocenters. The normalized spacial score (nSPS) is 17.2. The number of para-hydroxylation sites is 1. The Kier molecular flexibility index (Phi) is 3.87. The second-order valence-electron chi connectivity index (χ2n) is 5.23. The van der Waals surface area contributed by atoms with Crippen molar-refractivity contribution in [2.24, 2.45) is 0 Å². The summed E-state index contributed by atoms with van der Waals surface area (Å²) in [6, 6.07) is 8.23. The zero-order valence-electron chi connectivity index (χ0n) is 11.4. The van der Waals surface area contributed by atoms with Crippen LogP contribution in [0.25, 0.3) is 16.5 Å². The zero-order valence-corrected chi connectivity index (χ0v) is 11.4. The summed E-state index contributed by atoms with van der Waals surface area (Å²) in [5, 5.41) is 23.3. The maximum Gasteiger partial charge on any atom is 0.0949 e. The molecule has 3 N–H and O–H groups in total. The molecule has 0 spiro atoms. The van der Waals surface area contributed by atoms with Gasteiger partial charge in [-0.2, -0.15) is 0 Å². The second kappa shape index (κ2) is 5.79. The van der Waals surface area contributed by atoms with E-state index in [2.05, 4.69) is 29.7 Å². The molecular weight excluding hydrogens is 252 g/mol. The Bertz CT molecular complexity index is 630. The summed E-state index contributed by atoms with van der Waals surface area (Å²) in [5.74, 6) is 0. The Morgan fingerprint density at radius 2 is 2.15 bits per heavy atom. The molecule has 4 nitrogen and oxygen atoms in total. The van der Waals surface area contributed by atoms with E-state index in [1.165, 1.54) is 16.5 Å². The fraction of sp³-hybridized carbons (Fsp3) is 0.375. The molecule has 0 bridgehead atoms. The first kappa shape index (κ1) is 13.4. The highest BCUT2D eigenvalue weighted by Gasteiger charge is 2.14. The molecule has 0 aliphatic carbocycles. The van der Waals surface area contributed by atoms with Crippen LogP contribution in [0.5, 0.6) is 0 Å². The molecule has 0 amide bonds. The summed E-state index contributed by atoms with van der Waals surface area (Å²) in [6.45, 7) is 2.12. The average molecular weight is 272 g/mol. The summed E-state index contributed by atoms with van der Waals surface area (Å²) in [5.41, 5.74) is 3.71. The van der Waals surface area contributed by atoms with E-state index in [1.807, 2.05) is 16.7 Å². The van der Waals surface area contributed by atoms with E-state index >= 15 is 0 Å². The predicted octanol–water partition coefficient (Wildman–Crippen LogP) is 1.37. The number of nitrogens with one attached hydrogen (secondary N) is 1. The molecule has 0 fully saturated rings. The summed E-state index contributed by atoms with van der Waals surface area (Å²) in [6.07, 6.45) is 4.63. The number of hydrogen-bond acceptors (Lipinski definition) is 3. The maximum atomic E-state index is 9.69. The van der Waals surface area contributed by atoms with Crippen molar-refractivity contribution >= 4 is 16.5 Å². The minimum Gasteiger partial charge on any atom is -0.394 e. The van der Waals surface area contributed by atoms with Gasteiger partial charge in [-0.15, -0.1) is 0 Å². The maximum absolute atomic E-state index is 9.69. The van der Waals surface area contributed by atoms with E-state index in [-0.39, 0.29) is 6.61 Å². The van der Waals surface area contributed by atoms with Crippen LogP contribution in [0.15, 0.2) is 36.5 Å². The van der Waals surface area contributed by atoms with E-state index in [4.69, 9.17) is 5.11 Å². The molecule has 4 heteroatoms. The van der Waals surface area contributed by atoms with Crippen molar-refractivity contribution in [1.29, 1.82) is 0 Å². The number of fused-ring (bicyclic) bond motifs is 1. The monoisotopic (exact) mass is 272 g/mol. The summed E-state index contributed by atoms with van der Waals surface area (Å²) in [4.78, 5) is 0. The van der Waals surface area contributed by atoms with Gasteiger partial charge in [0.05, 0.1) is 19.3 Å². The lowest BCUT2D eigenvalue weighted by molar-refractivity contribution is 0.0822. The first-order chi connectivity index (χ1) is 9.79. The van der Waals surface area contributed by atoms with Crippen molar-refractivity contribution < 1.29 is 10.2 Å². The van der Waals surface area contributed by atoms with Gasteiger partial charge in [0.25, 0.3) is 0 Å². The molecule has 0 saturated carbocycles. The highest BCUT2D eigenvalue weighted by molar-refractivity contribution is 5.93. The van der Waals surface area contributed by atoms with Crippen LogP contribution in [0, 0.1) is 0 Å². The van der Waals surface area contributed by atoms with Crippen molar-refractivity contribution in [3.05, 3.63) is 42.1 Å². The first-order valence-electron chi connectivity index (χ1n) is 7.06. The number of aliphatic hydroxyl groups excluding tert-OH is 2. The van der Waals surface area contributed by atoms with Gasteiger partial charge < -0.3 is 20.1 Å². The molecular formula is C16H20N2O2. The van der Waals surface area contributed by atoms with Crippen LogP contribution in [-0.2, 0) is 6.54 Å². The van der Waals surface area contributed by atoms with Gasteiger partial charge >= 0.3 is 0 Å². The third-order valence-electron chi connectivity index (χ3n) is 3.82. The average Bonchev–Trinajstić information content (AvgIpc) is 2.87. The van der Waals surface area contributed by atoms with E-state index < -0.39 is 6.10 Å². The first-order valence-corrected chi connectivity index (χ1v) is 7.06. The van der Waals surface area contributed by atoms with E-state index in [1.54, 1.807) is 0 Å². The fourth-order valence-corrected chi connectivity index (χ4v) is 2.81. The van der Waals surface area contributed by atoms with Crippen molar-refractivity contribution in [1.82, 2.24) is 9.88 Å². The van der Waals surface area contributed by atoms with Gasteiger partial charge in [-0.3, -0.25) is 0 Å². The number of nitrogens with zero attached hydrogens (tertiary/aromatic N) is 1. The molecule has 20 heavy (non-hydrogen) atoms. The van der Waals surface area contributed by atoms with Crippen LogP contribution in [-0.4, -0.2) is 40.6 Å². The number of aromatic nitrogens is 1. The lowest BCUT2D eigenvalue weighted by atomic mass is 10.00. The minimum absolute atomic E-state index is 0.214. The summed E-state index contributed by atoms with van der Waals surface area (Å²) >= 11 is 0. The molecule has 1 aromatic carbocycles. The Balaban J connectivity index is 2.06. The predicted molar refractivity (Wildman–Crippen MR) is 80.5 cm³/mol. The van der Waals surface area contributed by atoms with Gasteiger partial charge in [-0.1, -0.05) is 24.3 Å². The van der Waals surface area contributed by atoms with Crippen LogP contribution in [0.2, 0.25) is 0 Å². The van der Waals surface area contributed by atoms with E-state index in [0.29, 0.717) is 6.54 Å². The molecule has 2 aromatic rings. The second-order valence-corrected chi connectivity index (χ2v) is 5.23. The van der Waals surface area contributed by atoms with Crippen molar-refractivity contribution in [2.45, 2.75) is 19.1 Å². The highest BCUT2D eigenvalue weighted by Crippen LogP contribution is 2.30. The highest BCUT2D eigenvalue weighted by atomic mass is 16.3. The van der Waals surface area contributed by atoms with E-state index in [9.17, 15) is 5.11 Å². The van der Waals surface area contributed by atoms with Crippen LogP contribution >= 0.6 is 0 Å². The molecule has 2 heterocycles. The lowest BCUT2D eigenvalue weighted by Gasteiger charge is -2.13. The Morgan fingerprint density at radius 1 is 1.30 bits per heavy atom. The van der Waals surface area contributed by atoms with Gasteiger partial charge in [0.2, 0.25) is 0 Å². The smallest absolute Gasteiger partial charge is 0.0949 e. The van der Waals surface area contributed by atoms with Gasteiger partial charge in [0.1, 0.15) is 0 Å².